The maximum Gasteiger partial charge on any atom is 0.0577 e. The van der Waals surface area contributed by atoms with Crippen molar-refractivity contribution < 1.29 is 5.11 Å². The van der Waals surface area contributed by atoms with Crippen LogP contribution in [0, 0.1) is 28.6 Å². The summed E-state index contributed by atoms with van der Waals surface area (Å²) >= 11 is 0. The van der Waals surface area contributed by atoms with E-state index >= 15 is 0 Å². The van der Waals surface area contributed by atoms with Gasteiger partial charge in [0, 0.05) is 0 Å². The molecule has 0 saturated heterocycles. The molecule has 0 aromatic rings. The van der Waals surface area contributed by atoms with E-state index in [2.05, 4.69) is 33.8 Å². The van der Waals surface area contributed by atoms with Gasteiger partial charge in [-0.1, -0.05) is 39.3 Å². The maximum atomic E-state index is 10.3. The Labute approximate surface area is 98.9 Å². The normalized spacial score (nSPS) is 53.7. The monoisotopic (exact) mass is 220 g/mol. The Hall–Kier alpha value is -0.300. The van der Waals surface area contributed by atoms with Gasteiger partial charge in [-0.05, 0) is 47.8 Å². The zero-order chi connectivity index (χ0) is 11.7. The summed E-state index contributed by atoms with van der Waals surface area (Å²) in [5.74, 6) is 1.90. The van der Waals surface area contributed by atoms with Gasteiger partial charge in [0.2, 0.25) is 0 Å². The molecule has 1 nitrogen and oxygen atoms in total. The molecule has 0 unspecified atom stereocenters. The second-order valence-electron chi connectivity index (χ2n) is 7.07. The lowest BCUT2D eigenvalue weighted by atomic mass is 9.65. The van der Waals surface area contributed by atoms with E-state index in [9.17, 15) is 5.11 Å². The number of fused-ring (bicyclic) bond motifs is 1. The number of rotatable bonds is 0. The van der Waals surface area contributed by atoms with Crippen LogP contribution in [0.3, 0.4) is 0 Å². The summed E-state index contributed by atoms with van der Waals surface area (Å²) in [5, 5.41) is 10.3. The predicted molar refractivity (Wildman–Crippen MR) is 66.0 cm³/mol. The van der Waals surface area contributed by atoms with Crippen molar-refractivity contribution in [3.8, 4) is 0 Å². The maximum absolute atomic E-state index is 10.3. The number of aliphatic hydroxyl groups excluding tert-OH is 1. The third-order valence-corrected chi connectivity index (χ3v) is 6.18. The molecule has 0 radical (unpaired) electrons. The first kappa shape index (κ1) is 10.8. The minimum Gasteiger partial charge on any atom is -0.393 e. The van der Waals surface area contributed by atoms with Gasteiger partial charge in [0.05, 0.1) is 6.10 Å². The number of hydrogen-bond donors (Lipinski definition) is 1. The Morgan fingerprint density at radius 3 is 2.62 bits per heavy atom. The molecule has 90 valence electrons. The Morgan fingerprint density at radius 2 is 1.94 bits per heavy atom. The van der Waals surface area contributed by atoms with Gasteiger partial charge >= 0.3 is 0 Å². The molecule has 0 aliphatic heterocycles. The van der Waals surface area contributed by atoms with Gasteiger partial charge in [0.25, 0.3) is 0 Å². The van der Waals surface area contributed by atoms with Crippen molar-refractivity contribution in [1.29, 1.82) is 0 Å². The molecule has 2 bridgehead atoms. The number of aliphatic hydroxyl groups is 1. The highest BCUT2D eigenvalue weighted by atomic mass is 16.3. The van der Waals surface area contributed by atoms with Crippen LogP contribution in [0.15, 0.2) is 11.6 Å². The van der Waals surface area contributed by atoms with E-state index in [-0.39, 0.29) is 6.10 Å². The first-order chi connectivity index (χ1) is 7.39. The van der Waals surface area contributed by atoms with Crippen LogP contribution in [0.1, 0.15) is 47.0 Å². The van der Waals surface area contributed by atoms with E-state index in [1.54, 1.807) is 5.57 Å². The average molecular weight is 220 g/mol. The van der Waals surface area contributed by atoms with Gasteiger partial charge in [-0.2, -0.15) is 0 Å². The van der Waals surface area contributed by atoms with Crippen molar-refractivity contribution in [2.24, 2.45) is 28.6 Å². The lowest BCUT2D eigenvalue weighted by molar-refractivity contribution is -0.0155. The fourth-order valence-corrected chi connectivity index (χ4v) is 5.12. The second kappa shape index (κ2) is 2.93. The molecule has 1 N–H and O–H groups in total. The summed E-state index contributed by atoms with van der Waals surface area (Å²) in [7, 11) is 0. The number of allylic oxidation sites excluding steroid dienone is 2. The van der Waals surface area contributed by atoms with Crippen molar-refractivity contribution >= 4 is 0 Å². The molecular weight excluding hydrogens is 196 g/mol. The van der Waals surface area contributed by atoms with Crippen molar-refractivity contribution in [2.45, 2.75) is 53.1 Å². The van der Waals surface area contributed by atoms with Crippen molar-refractivity contribution in [1.82, 2.24) is 0 Å². The molecule has 0 aromatic carbocycles. The first-order valence-corrected chi connectivity index (χ1v) is 6.79. The van der Waals surface area contributed by atoms with Crippen LogP contribution in [0.2, 0.25) is 0 Å². The first-order valence-electron chi connectivity index (χ1n) is 6.79. The second-order valence-corrected chi connectivity index (χ2v) is 7.07. The summed E-state index contributed by atoms with van der Waals surface area (Å²) in [4.78, 5) is 0. The highest BCUT2D eigenvalue weighted by Gasteiger charge is 2.62. The Morgan fingerprint density at radius 1 is 1.25 bits per heavy atom. The molecule has 3 rings (SSSR count). The standard InChI is InChI=1S/C15H24O/c1-9-5-6-13-14(3,4)11-7-15(9,13)8-12(16)10(11)2/h6,9-12,16H,5,7-8H2,1-4H3/t9-,10+,11+,12-,15-/m1/s1. The summed E-state index contributed by atoms with van der Waals surface area (Å²) in [6.45, 7) is 9.43. The molecule has 3 aliphatic rings. The highest BCUT2D eigenvalue weighted by Crippen LogP contribution is 2.70. The van der Waals surface area contributed by atoms with E-state index < -0.39 is 0 Å². The van der Waals surface area contributed by atoms with Gasteiger partial charge in [-0.25, -0.2) is 0 Å². The van der Waals surface area contributed by atoms with Gasteiger partial charge in [-0.15, -0.1) is 0 Å². The van der Waals surface area contributed by atoms with Crippen molar-refractivity contribution in [3.63, 3.8) is 0 Å². The average Bonchev–Trinajstić information content (AvgIpc) is 2.59. The Balaban J connectivity index is 2.12. The molecule has 3 aliphatic carbocycles. The highest BCUT2D eigenvalue weighted by molar-refractivity contribution is 5.36. The van der Waals surface area contributed by atoms with Crippen LogP contribution < -0.4 is 0 Å². The minimum absolute atomic E-state index is 0.0792. The summed E-state index contributed by atoms with van der Waals surface area (Å²) < 4.78 is 0. The smallest absolute Gasteiger partial charge is 0.0577 e. The molecule has 5 atom stereocenters. The molecule has 16 heavy (non-hydrogen) atoms. The van der Waals surface area contributed by atoms with Crippen molar-refractivity contribution in [2.75, 3.05) is 0 Å². The molecule has 0 aromatic heterocycles. The van der Waals surface area contributed by atoms with E-state index in [1.165, 1.54) is 12.8 Å². The zero-order valence-electron chi connectivity index (χ0n) is 11.0. The fraction of sp³-hybridized carbons (Fsp3) is 0.867. The van der Waals surface area contributed by atoms with E-state index in [1.807, 2.05) is 0 Å². The van der Waals surface area contributed by atoms with Crippen LogP contribution in [-0.4, -0.2) is 11.2 Å². The van der Waals surface area contributed by atoms with Crippen LogP contribution >= 0.6 is 0 Å². The van der Waals surface area contributed by atoms with Crippen LogP contribution in [0.4, 0.5) is 0 Å². The molecule has 1 spiro atoms. The van der Waals surface area contributed by atoms with Gasteiger partial charge in [-0.3, -0.25) is 0 Å². The SMILES string of the molecule is C[C@@H]1[C@H](O)C[C@@]23C[C@@H]1C(C)(C)C2=CC[C@H]3C. The third-order valence-electron chi connectivity index (χ3n) is 6.18. The lowest BCUT2D eigenvalue weighted by Crippen LogP contribution is -2.39. The molecular formula is C15H24O. The third kappa shape index (κ3) is 1.01. The minimum atomic E-state index is -0.0792. The lowest BCUT2D eigenvalue weighted by Gasteiger charge is -2.41. The van der Waals surface area contributed by atoms with Crippen molar-refractivity contribution in [3.05, 3.63) is 11.6 Å². The summed E-state index contributed by atoms with van der Waals surface area (Å²) in [6, 6.07) is 0. The quantitative estimate of drug-likeness (QED) is 0.620. The van der Waals surface area contributed by atoms with Crippen LogP contribution in [0.25, 0.3) is 0 Å². The Bertz CT molecular complexity index is 354. The summed E-state index contributed by atoms with van der Waals surface area (Å²) in [5.41, 5.74) is 2.36. The van der Waals surface area contributed by atoms with E-state index in [0.717, 1.165) is 12.3 Å². The van der Waals surface area contributed by atoms with Crippen LogP contribution in [0.5, 0.6) is 0 Å². The molecule has 2 saturated carbocycles. The zero-order valence-corrected chi connectivity index (χ0v) is 11.0. The van der Waals surface area contributed by atoms with E-state index in [4.69, 9.17) is 0 Å². The van der Waals surface area contributed by atoms with Gasteiger partial charge in [0.15, 0.2) is 0 Å². The topological polar surface area (TPSA) is 20.2 Å². The molecule has 2 fully saturated rings. The van der Waals surface area contributed by atoms with Gasteiger partial charge < -0.3 is 5.11 Å². The molecule has 0 heterocycles. The predicted octanol–water partition coefficient (Wildman–Crippen LogP) is 3.39. The summed E-state index contributed by atoms with van der Waals surface area (Å²) in [6.07, 6.45) is 5.98. The molecule has 1 heteroatoms. The fourth-order valence-electron chi connectivity index (χ4n) is 5.12. The number of hydrogen-bond acceptors (Lipinski definition) is 1. The Kier molecular flexibility index (Phi) is 1.98. The largest absolute Gasteiger partial charge is 0.393 e. The molecule has 0 amide bonds. The van der Waals surface area contributed by atoms with E-state index in [0.29, 0.717) is 22.7 Å². The van der Waals surface area contributed by atoms with Gasteiger partial charge in [0.1, 0.15) is 0 Å². The van der Waals surface area contributed by atoms with Crippen LogP contribution in [-0.2, 0) is 0 Å².